The molecule has 0 saturated carbocycles. The van der Waals surface area contributed by atoms with Gasteiger partial charge in [-0.1, -0.05) is 6.07 Å². The Morgan fingerprint density at radius 3 is 2.70 bits per heavy atom. The molecule has 0 amide bonds. The van der Waals surface area contributed by atoms with Crippen molar-refractivity contribution < 1.29 is 9.66 Å². The first-order valence-electron chi connectivity index (χ1n) is 7.34. The summed E-state index contributed by atoms with van der Waals surface area (Å²) in [4.78, 5) is 12.7. The average molecular weight is 336 g/mol. The van der Waals surface area contributed by atoms with Crippen LogP contribution in [-0.2, 0) is 0 Å². The molecule has 0 atom stereocenters. The van der Waals surface area contributed by atoms with Crippen LogP contribution in [0.25, 0.3) is 0 Å². The summed E-state index contributed by atoms with van der Waals surface area (Å²) in [5.74, 6) is 2.49. The van der Waals surface area contributed by atoms with Crippen molar-refractivity contribution in [2.75, 3.05) is 38.2 Å². The van der Waals surface area contributed by atoms with Crippen molar-refractivity contribution >= 4 is 30.7 Å². The fourth-order valence-corrected chi connectivity index (χ4v) is 2.42. The van der Waals surface area contributed by atoms with Gasteiger partial charge < -0.3 is 15.4 Å². The number of nitriles is 1. The van der Waals surface area contributed by atoms with E-state index in [9.17, 15) is 10.1 Å². The van der Waals surface area contributed by atoms with E-state index < -0.39 is 4.92 Å². The van der Waals surface area contributed by atoms with Gasteiger partial charge in [0.15, 0.2) is 5.75 Å². The number of thiol groups is 1. The smallest absolute Gasteiger partial charge is 0.333 e. The first kappa shape index (κ1) is 19.1. The number of ether oxygens (including phenoxy) is 1. The van der Waals surface area contributed by atoms with Gasteiger partial charge in [0.25, 0.3) is 6.71 Å². The Kier molecular flexibility index (Phi) is 8.30. The molecule has 1 heterocycles. The third-order valence-electron chi connectivity index (χ3n) is 3.65. The second-order valence-corrected chi connectivity index (χ2v) is 5.04. The zero-order chi connectivity index (χ0) is 17.2. The van der Waals surface area contributed by atoms with Crippen LogP contribution in [0.3, 0.4) is 0 Å². The van der Waals surface area contributed by atoms with Gasteiger partial charge in [-0.2, -0.15) is 12.6 Å². The maximum absolute atomic E-state index is 11.0. The third kappa shape index (κ3) is 5.65. The molecule has 0 bridgehead atoms. The highest BCUT2D eigenvalue weighted by molar-refractivity contribution is 7.79. The molecule has 9 heteroatoms. The number of nitrogen functional groups attached to an aromatic ring is 1. The van der Waals surface area contributed by atoms with Crippen LogP contribution < -0.4 is 10.5 Å². The molecule has 124 valence electrons. The van der Waals surface area contributed by atoms with Gasteiger partial charge in [0.2, 0.25) is 0 Å². The first-order valence-corrected chi connectivity index (χ1v) is 8.23. The molecular formula is C14H21BN4O3S. The van der Waals surface area contributed by atoms with E-state index in [2.05, 4.69) is 23.5 Å². The Morgan fingerprint density at radius 2 is 2.13 bits per heavy atom. The van der Waals surface area contributed by atoms with E-state index in [0.717, 1.165) is 25.7 Å². The van der Waals surface area contributed by atoms with Crippen LogP contribution in [0.1, 0.15) is 0 Å². The Bertz CT molecular complexity index is 559. The lowest BCUT2D eigenvalue weighted by molar-refractivity contribution is -0.384. The van der Waals surface area contributed by atoms with Crippen LogP contribution in [0.5, 0.6) is 5.75 Å². The summed E-state index contributed by atoms with van der Waals surface area (Å²) in [7, 11) is 0. The predicted octanol–water partition coefficient (Wildman–Crippen LogP) is 1.97. The molecule has 0 radical (unpaired) electrons. The fourth-order valence-electron chi connectivity index (χ4n) is 2.42. The Balaban J connectivity index is 0.00000127. The predicted molar refractivity (Wildman–Crippen MR) is 95.3 cm³/mol. The van der Waals surface area contributed by atoms with Gasteiger partial charge >= 0.3 is 5.69 Å². The standard InChI is InChI=1S/C13H17BN4O3.CH4S/c15-10-14-4-6-17(7-5-14)8-9-21-12-3-1-2-11(16)13(12)18(19)20;1-2/h1-3H,4-9,16H2;2H,1H3. The molecule has 2 N–H and O–H groups in total. The number of hydrogen-bond acceptors (Lipinski definition) is 7. The van der Waals surface area contributed by atoms with E-state index in [1.54, 1.807) is 18.4 Å². The Labute approximate surface area is 142 Å². The molecule has 7 nitrogen and oxygen atoms in total. The maximum Gasteiger partial charge on any atom is 0.333 e. The highest BCUT2D eigenvalue weighted by atomic mass is 32.1. The minimum Gasteiger partial charge on any atom is -0.485 e. The van der Waals surface area contributed by atoms with E-state index >= 15 is 0 Å². The molecule has 1 saturated heterocycles. The summed E-state index contributed by atoms with van der Waals surface area (Å²) in [6.07, 6.45) is 3.43. The number of nitro groups is 1. The van der Waals surface area contributed by atoms with Crippen molar-refractivity contribution in [2.24, 2.45) is 0 Å². The van der Waals surface area contributed by atoms with Crippen molar-refractivity contribution in [2.45, 2.75) is 12.6 Å². The second-order valence-electron chi connectivity index (χ2n) is 5.04. The average Bonchev–Trinajstić information content (AvgIpc) is 2.57. The number of nitrogens with zero attached hydrogens (tertiary/aromatic N) is 3. The number of nitrogens with two attached hydrogens (primary N) is 1. The lowest BCUT2D eigenvalue weighted by atomic mass is 9.45. The minimum atomic E-state index is -0.525. The normalized spacial score (nSPS) is 14.4. The number of anilines is 1. The molecule has 0 aliphatic carbocycles. The first-order chi connectivity index (χ1) is 11.1. The summed E-state index contributed by atoms with van der Waals surface area (Å²) in [5, 5.41) is 19.8. The molecule has 1 aliphatic rings. The van der Waals surface area contributed by atoms with Crippen LogP contribution in [0.2, 0.25) is 12.6 Å². The highest BCUT2D eigenvalue weighted by Crippen LogP contribution is 2.32. The molecule has 1 aromatic carbocycles. The monoisotopic (exact) mass is 336 g/mol. The Hall–Kier alpha value is -1.92. The van der Waals surface area contributed by atoms with E-state index in [0.29, 0.717) is 13.2 Å². The van der Waals surface area contributed by atoms with E-state index in [4.69, 9.17) is 15.7 Å². The van der Waals surface area contributed by atoms with Crippen LogP contribution in [-0.4, -0.2) is 49.0 Å². The SMILES string of the molecule is CS.N#CB1CCN(CCOc2cccc(N)c2[N+](=O)[O-])CC1. The van der Waals surface area contributed by atoms with Crippen molar-refractivity contribution in [3.63, 3.8) is 0 Å². The zero-order valence-corrected chi connectivity index (χ0v) is 14.0. The van der Waals surface area contributed by atoms with Crippen molar-refractivity contribution in [1.82, 2.24) is 4.90 Å². The largest absolute Gasteiger partial charge is 0.485 e. The van der Waals surface area contributed by atoms with Crippen LogP contribution in [0, 0.1) is 21.3 Å². The van der Waals surface area contributed by atoms with Gasteiger partial charge in [-0.15, -0.1) is 0 Å². The van der Waals surface area contributed by atoms with Crippen LogP contribution >= 0.6 is 12.6 Å². The molecule has 1 aromatic rings. The van der Waals surface area contributed by atoms with E-state index in [1.165, 1.54) is 6.07 Å². The number of benzene rings is 1. The number of para-hydroxylation sites is 1. The lowest BCUT2D eigenvalue weighted by Crippen LogP contribution is -2.38. The van der Waals surface area contributed by atoms with Gasteiger partial charge in [0.05, 0.1) is 4.92 Å². The fraction of sp³-hybridized carbons (Fsp3) is 0.500. The van der Waals surface area contributed by atoms with Crippen molar-refractivity contribution in [3.8, 4) is 11.7 Å². The van der Waals surface area contributed by atoms with Crippen LogP contribution in [0.15, 0.2) is 18.2 Å². The lowest BCUT2D eigenvalue weighted by Gasteiger charge is -2.27. The Morgan fingerprint density at radius 1 is 1.48 bits per heavy atom. The molecule has 1 fully saturated rings. The van der Waals surface area contributed by atoms with Gasteiger partial charge in [-0.25, -0.2) is 5.26 Å². The summed E-state index contributed by atoms with van der Waals surface area (Å²) in [6.45, 7) is 2.92. The summed E-state index contributed by atoms with van der Waals surface area (Å²) < 4.78 is 5.51. The third-order valence-corrected chi connectivity index (χ3v) is 3.65. The molecule has 1 aliphatic heterocycles. The zero-order valence-electron chi connectivity index (χ0n) is 13.1. The summed E-state index contributed by atoms with van der Waals surface area (Å²) >= 11 is 3.53. The second kappa shape index (κ2) is 9.97. The topological polar surface area (TPSA) is 105 Å². The quantitative estimate of drug-likeness (QED) is 0.280. The van der Waals surface area contributed by atoms with E-state index in [-0.39, 0.29) is 23.8 Å². The molecule has 0 spiro atoms. The molecular weight excluding hydrogens is 315 g/mol. The highest BCUT2D eigenvalue weighted by Gasteiger charge is 2.23. The minimum absolute atomic E-state index is 0.104. The molecule has 2 rings (SSSR count). The van der Waals surface area contributed by atoms with Gasteiger partial charge in [0.1, 0.15) is 12.3 Å². The number of rotatable bonds is 5. The molecule has 0 aromatic heterocycles. The number of hydrogen-bond donors (Lipinski definition) is 2. The van der Waals surface area contributed by atoms with Crippen molar-refractivity contribution in [1.29, 1.82) is 5.26 Å². The maximum atomic E-state index is 11.0. The van der Waals surface area contributed by atoms with Gasteiger partial charge in [0, 0.05) is 12.5 Å². The number of nitro benzene ring substituents is 1. The molecule has 0 unspecified atom stereocenters. The summed E-state index contributed by atoms with van der Waals surface area (Å²) in [6, 6.07) is 4.67. The van der Waals surface area contributed by atoms with Gasteiger partial charge in [-0.05, 0) is 44.1 Å². The van der Waals surface area contributed by atoms with Crippen LogP contribution in [0.4, 0.5) is 11.4 Å². The van der Waals surface area contributed by atoms with Crippen molar-refractivity contribution in [3.05, 3.63) is 28.3 Å². The van der Waals surface area contributed by atoms with Gasteiger partial charge in [-0.3, -0.25) is 10.1 Å². The van der Waals surface area contributed by atoms with E-state index in [1.807, 2.05) is 0 Å². The summed E-state index contributed by atoms with van der Waals surface area (Å²) in [5.41, 5.74) is 5.53. The molecule has 23 heavy (non-hydrogen) atoms.